The molecule has 4 aromatic rings. The Morgan fingerprint density at radius 2 is 1.82 bits per heavy atom. The van der Waals surface area contributed by atoms with Crippen molar-refractivity contribution in [1.82, 2.24) is 19.7 Å². The van der Waals surface area contributed by atoms with Gasteiger partial charge in [0.15, 0.2) is 0 Å². The van der Waals surface area contributed by atoms with Gasteiger partial charge in [0.2, 0.25) is 5.91 Å². The molecule has 0 unspecified atom stereocenters. The summed E-state index contributed by atoms with van der Waals surface area (Å²) in [4.78, 5) is 25.8. The molecule has 0 aliphatic heterocycles. The summed E-state index contributed by atoms with van der Waals surface area (Å²) >= 11 is 0. The first kappa shape index (κ1) is 18.0. The van der Waals surface area contributed by atoms with Crippen molar-refractivity contribution >= 4 is 27.7 Å². The molecule has 0 saturated heterocycles. The minimum Gasteiger partial charge on any atom is -0.350 e. The number of rotatable bonds is 4. The van der Waals surface area contributed by atoms with Crippen molar-refractivity contribution < 1.29 is 4.79 Å². The lowest BCUT2D eigenvalue weighted by atomic mass is 10.1. The van der Waals surface area contributed by atoms with E-state index < -0.39 is 6.04 Å². The molecule has 0 aliphatic carbocycles. The summed E-state index contributed by atoms with van der Waals surface area (Å²) in [7, 11) is 1.62. The van der Waals surface area contributed by atoms with E-state index in [1.165, 1.54) is 4.68 Å². The molecule has 2 aromatic carbocycles. The van der Waals surface area contributed by atoms with Gasteiger partial charge in [-0.3, -0.25) is 9.59 Å². The van der Waals surface area contributed by atoms with Crippen LogP contribution in [0.15, 0.2) is 59.5 Å². The molecule has 0 bridgehead atoms. The van der Waals surface area contributed by atoms with Crippen molar-refractivity contribution in [1.29, 1.82) is 0 Å². The van der Waals surface area contributed by atoms with E-state index in [1.807, 2.05) is 66.9 Å². The van der Waals surface area contributed by atoms with E-state index in [0.717, 1.165) is 27.4 Å². The predicted octanol–water partition coefficient (Wildman–Crippen LogP) is 3.07. The fraction of sp³-hybridized carbons (Fsp3) is 0.227. The number of carbonyl (C=O) groups excluding carboxylic acids is 1. The van der Waals surface area contributed by atoms with Gasteiger partial charge in [-0.05, 0) is 31.0 Å². The fourth-order valence-electron chi connectivity index (χ4n) is 3.65. The van der Waals surface area contributed by atoms with Crippen LogP contribution in [0.5, 0.6) is 0 Å². The van der Waals surface area contributed by atoms with Crippen LogP contribution >= 0.6 is 0 Å². The zero-order chi connectivity index (χ0) is 19.8. The summed E-state index contributed by atoms with van der Waals surface area (Å²) in [6.45, 7) is 4.29. The number of carbonyl (C=O) groups is 1. The van der Waals surface area contributed by atoms with Crippen molar-refractivity contribution in [3.63, 3.8) is 0 Å². The number of aryl methyl sites for hydroxylation is 2. The lowest BCUT2D eigenvalue weighted by molar-refractivity contribution is -0.123. The number of hydrogen-bond acceptors (Lipinski definition) is 3. The quantitative estimate of drug-likeness (QED) is 0.597. The van der Waals surface area contributed by atoms with Gasteiger partial charge in [0.25, 0.3) is 5.56 Å². The van der Waals surface area contributed by atoms with Gasteiger partial charge >= 0.3 is 0 Å². The molecule has 0 fully saturated rings. The molecule has 6 nitrogen and oxygen atoms in total. The van der Waals surface area contributed by atoms with Crippen molar-refractivity contribution in [3.05, 3.63) is 76.2 Å². The molecule has 142 valence electrons. The summed E-state index contributed by atoms with van der Waals surface area (Å²) in [5, 5.41) is 8.84. The number of nitrogens with one attached hydrogen (secondary N) is 1. The average molecular weight is 374 g/mol. The minimum absolute atomic E-state index is 0.134. The Labute approximate surface area is 162 Å². The molecule has 1 atom stereocenters. The largest absolute Gasteiger partial charge is 0.350 e. The third-order valence-corrected chi connectivity index (χ3v) is 5.29. The van der Waals surface area contributed by atoms with Crippen LogP contribution in [0.1, 0.15) is 24.1 Å². The molecule has 1 amide bonds. The predicted molar refractivity (Wildman–Crippen MR) is 110 cm³/mol. The van der Waals surface area contributed by atoms with Crippen LogP contribution in [-0.2, 0) is 18.4 Å². The zero-order valence-corrected chi connectivity index (χ0v) is 16.1. The summed E-state index contributed by atoms with van der Waals surface area (Å²) in [5.74, 6) is -0.134. The second-order valence-electron chi connectivity index (χ2n) is 7.04. The minimum atomic E-state index is -0.540. The Hall–Kier alpha value is -3.41. The van der Waals surface area contributed by atoms with Gasteiger partial charge < -0.3 is 9.88 Å². The standard InChI is InChI=1S/C22H22N4O2/c1-14-8-4-5-9-16(14)12-23-21(27)15(2)26-19-11-7-6-10-17(19)18-13-24-25(3)22(28)20(18)26/h4-11,13,15H,12H2,1-3H3,(H,23,27)/t15-/m1/s1. The van der Waals surface area contributed by atoms with E-state index in [0.29, 0.717) is 12.1 Å². The maximum Gasteiger partial charge on any atom is 0.291 e. The zero-order valence-electron chi connectivity index (χ0n) is 16.1. The van der Waals surface area contributed by atoms with Gasteiger partial charge in [-0.25, -0.2) is 4.68 Å². The maximum absolute atomic E-state index is 13.0. The second kappa shape index (κ2) is 6.96. The third-order valence-electron chi connectivity index (χ3n) is 5.29. The average Bonchev–Trinajstić information content (AvgIpc) is 3.04. The number of hydrogen-bond donors (Lipinski definition) is 1. The van der Waals surface area contributed by atoms with Crippen molar-refractivity contribution in [2.75, 3.05) is 0 Å². The SMILES string of the molecule is Cc1ccccc1CNC(=O)[C@@H](C)n1c2ccccc2c2cnn(C)c(=O)c21. The van der Waals surface area contributed by atoms with Gasteiger partial charge in [0, 0.05) is 24.4 Å². The van der Waals surface area contributed by atoms with Gasteiger partial charge in [-0.1, -0.05) is 42.5 Å². The lowest BCUT2D eigenvalue weighted by Crippen LogP contribution is -2.32. The van der Waals surface area contributed by atoms with E-state index in [-0.39, 0.29) is 11.5 Å². The number of para-hydroxylation sites is 1. The van der Waals surface area contributed by atoms with Gasteiger partial charge in [-0.15, -0.1) is 0 Å². The smallest absolute Gasteiger partial charge is 0.291 e. The Morgan fingerprint density at radius 1 is 1.11 bits per heavy atom. The molecule has 28 heavy (non-hydrogen) atoms. The van der Waals surface area contributed by atoms with E-state index >= 15 is 0 Å². The molecule has 2 aromatic heterocycles. The third kappa shape index (κ3) is 2.87. The molecule has 0 aliphatic rings. The highest BCUT2D eigenvalue weighted by molar-refractivity contribution is 6.08. The summed E-state index contributed by atoms with van der Waals surface area (Å²) < 4.78 is 3.12. The molecule has 6 heteroatoms. The molecule has 4 rings (SSSR count). The number of benzene rings is 2. The van der Waals surface area contributed by atoms with E-state index in [2.05, 4.69) is 10.4 Å². The molecule has 1 N–H and O–H groups in total. The normalized spacial score (nSPS) is 12.4. The van der Waals surface area contributed by atoms with E-state index in [1.54, 1.807) is 13.2 Å². The molecule has 0 saturated carbocycles. The van der Waals surface area contributed by atoms with Crippen LogP contribution in [0, 0.1) is 6.92 Å². The highest BCUT2D eigenvalue weighted by Gasteiger charge is 2.23. The van der Waals surface area contributed by atoms with Gasteiger partial charge in [-0.2, -0.15) is 5.10 Å². The fourth-order valence-corrected chi connectivity index (χ4v) is 3.65. The van der Waals surface area contributed by atoms with Crippen LogP contribution in [0.2, 0.25) is 0 Å². The van der Waals surface area contributed by atoms with Gasteiger partial charge in [0.05, 0.1) is 11.7 Å². The molecular weight excluding hydrogens is 352 g/mol. The first-order valence-electron chi connectivity index (χ1n) is 9.26. The van der Waals surface area contributed by atoms with Crippen molar-refractivity contribution in [2.24, 2.45) is 7.05 Å². The molecular formula is C22H22N4O2. The Balaban J connectivity index is 1.77. The van der Waals surface area contributed by atoms with Crippen LogP contribution in [0.25, 0.3) is 21.8 Å². The number of amides is 1. The molecule has 2 heterocycles. The maximum atomic E-state index is 13.0. The van der Waals surface area contributed by atoms with Crippen LogP contribution in [0.3, 0.4) is 0 Å². The number of aromatic nitrogens is 3. The van der Waals surface area contributed by atoms with E-state index in [9.17, 15) is 9.59 Å². The molecule has 0 radical (unpaired) electrons. The van der Waals surface area contributed by atoms with E-state index in [4.69, 9.17) is 0 Å². The topological polar surface area (TPSA) is 68.9 Å². The van der Waals surface area contributed by atoms with Crippen LogP contribution < -0.4 is 10.9 Å². The van der Waals surface area contributed by atoms with Crippen LogP contribution in [-0.4, -0.2) is 20.3 Å². The highest BCUT2D eigenvalue weighted by Crippen LogP contribution is 2.29. The number of nitrogens with zero attached hydrogens (tertiary/aromatic N) is 3. The Bertz CT molecular complexity index is 1250. The monoisotopic (exact) mass is 374 g/mol. The second-order valence-corrected chi connectivity index (χ2v) is 7.04. The number of fused-ring (bicyclic) bond motifs is 3. The highest BCUT2D eigenvalue weighted by atomic mass is 16.2. The summed E-state index contributed by atoms with van der Waals surface area (Å²) in [5.41, 5.74) is 3.34. The Morgan fingerprint density at radius 3 is 2.61 bits per heavy atom. The Kier molecular flexibility index (Phi) is 4.47. The summed E-state index contributed by atoms with van der Waals surface area (Å²) in [6, 6.07) is 15.1. The van der Waals surface area contributed by atoms with Crippen molar-refractivity contribution in [2.45, 2.75) is 26.4 Å². The van der Waals surface area contributed by atoms with Crippen molar-refractivity contribution in [3.8, 4) is 0 Å². The van der Waals surface area contributed by atoms with Crippen LogP contribution in [0.4, 0.5) is 0 Å². The lowest BCUT2D eigenvalue weighted by Gasteiger charge is -2.17. The van der Waals surface area contributed by atoms with Gasteiger partial charge in [0.1, 0.15) is 11.6 Å². The molecule has 0 spiro atoms. The summed E-state index contributed by atoms with van der Waals surface area (Å²) in [6.07, 6.45) is 1.69. The first-order valence-corrected chi connectivity index (χ1v) is 9.26. The first-order chi connectivity index (χ1) is 13.5.